The molecule has 1 heterocycles. The summed E-state index contributed by atoms with van der Waals surface area (Å²) in [6.07, 6.45) is 0.798. The van der Waals surface area contributed by atoms with E-state index in [1.165, 1.54) is 10.4 Å². The van der Waals surface area contributed by atoms with Crippen molar-refractivity contribution in [1.82, 2.24) is 9.21 Å². The van der Waals surface area contributed by atoms with Crippen molar-refractivity contribution in [2.45, 2.75) is 38.1 Å². The number of carbonyl (C=O) groups excluding carboxylic acids is 1. The summed E-state index contributed by atoms with van der Waals surface area (Å²) >= 11 is 0. The Labute approximate surface area is 156 Å². The lowest BCUT2D eigenvalue weighted by Gasteiger charge is -2.26. The first-order valence-corrected chi connectivity index (χ1v) is 10.3. The van der Waals surface area contributed by atoms with E-state index in [2.05, 4.69) is 10.2 Å². The lowest BCUT2D eigenvalue weighted by Crippen LogP contribution is -2.45. The summed E-state index contributed by atoms with van der Waals surface area (Å²) in [4.78, 5) is 14.6. The number of nitrogens with zero attached hydrogens (tertiary/aromatic N) is 2. The Morgan fingerprint density at radius 2 is 1.88 bits per heavy atom. The zero-order chi connectivity index (χ0) is 19.5. The Hall–Kier alpha value is -1.48. The van der Waals surface area contributed by atoms with Crippen LogP contribution in [0.5, 0.6) is 0 Å². The summed E-state index contributed by atoms with van der Waals surface area (Å²) in [6, 6.07) is 5.67. The smallest absolute Gasteiger partial charge is 0.243 e. The predicted molar refractivity (Wildman–Crippen MR) is 103 cm³/mol. The molecule has 1 amide bonds. The summed E-state index contributed by atoms with van der Waals surface area (Å²) in [5.74, 6) is -0.330. The topological polar surface area (TPSA) is 95.7 Å². The number of rotatable bonds is 4. The Morgan fingerprint density at radius 3 is 2.54 bits per heavy atom. The van der Waals surface area contributed by atoms with E-state index in [-0.39, 0.29) is 16.2 Å². The number of anilines is 1. The highest BCUT2D eigenvalue weighted by Crippen LogP contribution is 2.23. The van der Waals surface area contributed by atoms with Gasteiger partial charge < -0.3 is 16.0 Å². The molecule has 0 bridgehead atoms. The van der Waals surface area contributed by atoms with Gasteiger partial charge in [0.2, 0.25) is 15.9 Å². The Morgan fingerprint density at radius 1 is 1.19 bits per heavy atom. The molecule has 0 unspecified atom stereocenters. The van der Waals surface area contributed by atoms with E-state index >= 15 is 0 Å². The Balaban J connectivity index is 2.18. The molecule has 2 rings (SSSR count). The molecule has 0 saturated carbocycles. The average Bonchev–Trinajstić information content (AvgIpc) is 2.78. The molecule has 0 aliphatic carbocycles. The molecular formula is C18H30N4O3S. The van der Waals surface area contributed by atoms with E-state index in [4.69, 9.17) is 5.73 Å². The van der Waals surface area contributed by atoms with Crippen LogP contribution in [-0.4, -0.2) is 62.8 Å². The van der Waals surface area contributed by atoms with Crippen LogP contribution in [-0.2, 0) is 14.8 Å². The highest BCUT2D eigenvalue weighted by atomic mass is 32.2. The molecule has 1 fully saturated rings. The molecule has 26 heavy (non-hydrogen) atoms. The highest BCUT2D eigenvalue weighted by molar-refractivity contribution is 7.89. The maximum atomic E-state index is 12.9. The number of amides is 1. The monoisotopic (exact) mass is 382 g/mol. The quantitative estimate of drug-likeness (QED) is 0.819. The van der Waals surface area contributed by atoms with Crippen molar-refractivity contribution >= 4 is 21.6 Å². The van der Waals surface area contributed by atoms with Gasteiger partial charge in [-0.05, 0) is 43.6 Å². The number of sulfonamides is 1. The minimum absolute atomic E-state index is 0.184. The maximum Gasteiger partial charge on any atom is 0.243 e. The van der Waals surface area contributed by atoms with Crippen LogP contribution in [0.4, 0.5) is 5.69 Å². The van der Waals surface area contributed by atoms with Gasteiger partial charge in [0.25, 0.3) is 0 Å². The molecule has 8 heteroatoms. The number of likely N-dealkylation sites (N-methyl/N-ethyl adjacent to an activating group) is 1. The van der Waals surface area contributed by atoms with Crippen LogP contribution < -0.4 is 11.1 Å². The van der Waals surface area contributed by atoms with Crippen molar-refractivity contribution in [3.05, 3.63) is 24.3 Å². The first-order chi connectivity index (χ1) is 12.0. The highest BCUT2D eigenvalue weighted by Gasteiger charge is 2.29. The van der Waals surface area contributed by atoms with Crippen LogP contribution in [0.25, 0.3) is 0 Å². The number of hydrogen-bond donors (Lipinski definition) is 2. The predicted octanol–water partition coefficient (Wildman–Crippen LogP) is 1.32. The minimum atomic E-state index is -3.59. The molecule has 0 aromatic heterocycles. The zero-order valence-electron chi connectivity index (χ0n) is 16.0. The molecule has 1 aromatic carbocycles. The standard InChI is InChI=1S/C18H30N4O3S/c1-18(2,3)16(19)17(23)20-14-7-5-8-15(13-14)26(24,25)22-10-6-9-21(4)11-12-22/h5,7-8,13,16H,6,9-12,19H2,1-4H3,(H,20,23)/t16-/m1/s1. The van der Waals surface area contributed by atoms with Crippen molar-refractivity contribution in [3.63, 3.8) is 0 Å². The Kier molecular flexibility index (Phi) is 6.44. The van der Waals surface area contributed by atoms with Crippen molar-refractivity contribution in [1.29, 1.82) is 0 Å². The maximum absolute atomic E-state index is 12.9. The first kappa shape index (κ1) is 20.8. The molecule has 1 saturated heterocycles. The fraction of sp³-hybridized carbons (Fsp3) is 0.611. The molecule has 1 atom stereocenters. The van der Waals surface area contributed by atoms with Gasteiger partial charge in [0.1, 0.15) is 0 Å². The fourth-order valence-corrected chi connectivity index (χ4v) is 4.28. The van der Waals surface area contributed by atoms with Gasteiger partial charge in [-0.25, -0.2) is 8.42 Å². The summed E-state index contributed by atoms with van der Waals surface area (Å²) in [5.41, 5.74) is 6.02. The summed E-state index contributed by atoms with van der Waals surface area (Å²) in [5, 5.41) is 2.73. The zero-order valence-corrected chi connectivity index (χ0v) is 16.8. The average molecular weight is 383 g/mol. The minimum Gasteiger partial charge on any atom is -0.325 e. The fourth-order valence-electron chi connectivity index (χ4n) is 2.76. The van der Waals surface area contributed by atoms with Crippen molar-refractivity contribution in [3.8, 4) is 0 Å². The second-order valence-electron chi connectivity index (χ2n) is 7.92. The molecule has 1 aliphatic rings. The third-order valence-corrected chi connectivity index (χ3v) is 6.53. The summed E-state index contributed by atoms with van der Waals surface area (Å²) in [7, 11) is -1.60. The van der Waals surface area contributed by atoms with Gasteiger partial charge in [0.05, 0.1) is 10.9 Å². The van der Waals surface area contributed by atoms with Gasteiger partial charge in [-0.2, -0.15) is 4.31 Å². The lowest BCUT2D eigenvalue weighted by atomic mass is 9.87. The lowest BCUT2D eigenvalue weighted by molar-refractivity contribution is -0.119. The number of carbonyl (C=O) groups is 1. The van der Waals surface area contributed by atoms with Crippen molar-refractivity contribution in [2.75, 3.05) is 38.5 Å². The van der Waals surface area contributed by atoms with Crippen molar-refractivity contribution in [2.24, 2.45) is 11.1 Å². The van der Waals surface area contributed by atoms with Gasteiger partial charge in [0, 0.05) is 25.3 Å². The van der Waals surface area contributed by atoms with E-state index in [1.54, 1.807) is 18.2 Å². The second kappa shape index (κ2) is 8.04. The van der Waals surface area contributed by atoms with Crippen LogP contribution in [0.1, 0.15) is 27.2 Å². The van der Waals surface area contributed by atoms with Gasteiger partial charge in [-0.15, -0.1) is 0 Å². The number of hydrogen-bond acceptors (Lipinski definition) is 5. The van der Waals surface area contributed by atoms with Crippen LogP contribution in [0.2, 0.25) is 0 Å². The molecule has 0 radical (unpaired) electrons. The molecule has 1 aliphatic heterocycles. The molecule has 1 aromatic rings. The largest absolute Gasteiger partial charge is 0.325 e. The van der Waals surface area contributed by atoms with E-state index in [1.807, 2.05) is 27.8 Å². The third-order valence-electron chi connectivity index (χ3n) is 4.63. The van der Waals surface area contributed by atoms with E-state index in [9.17, 15) is 13.2 Å². The van der Waals surface area contributed by atoms with E-state index < -0.39 is 16.1 Å². The van der Waals surface area contributed by atoms with Gasteiger partial charge in [0.15, 0.2) is 0 Å². The summed E-state index contributed by atoms with van der Waals surface area (Å²) in [6.45, 7) is 8.20. The van der Waals surface area contributed by atoms with E-state index in [0.717, 1.165) is 13.0 Å². The van der Waals surface area contributed by atoms with Gasteiger partial charge in [-0.3, -0.25) is 4.79 Å². The summed E-state index contributed by atoms with van der Waals surface area (Å²) < 4.78 is 27.4. The second-order valence-corrected chi connectivity index (χ2v) is 9.86. The van der Waals surface area contributed by atoms with Crippen molar-refractivity contribution < 1.29 is 13.2 Å². The Bertz CT molecular complexity index is 743. The number of nitrogens with two attached hydrogens (primary N) is 1. The normalized spacial score (nSPS) is 19.0. The molecular weight excluding hydrogens is 352 g/mol. The van der Waals surface area contributed by atoms with Crippen LogP contribution in [0.3, 0.4) is 0 Å². The van der Waals surface area contributed by atoms with Crippen LogP contribution in [0.15, 0.2) is 29.2 Å². The SMILES string of the molecule is CN1CCCN(S(=O)(=O)c2cccc(NC(=O)[C@@H](N)C(C)(C)C)c2)CC1. The van der Waals surface area contributed by atoms with Gasteiger partial charge >= 0.3 is 0 Å². The van der Waals surface area contributed by atoms with E-state index in [0.29, 0.717) is 25.3 Å². The number of nitrogens with one attached hydrogen (secondary N) is 1. The number of benzene rings is 1. The third kappa shape index (κ3) is 5.03. The molecule has 7 nitrogen and oxygen atoms in total. The van der Waals surface area contributed by atoms with Gasteiger partial charge in [-0.1, -0.05) is 26.8 Å². The molecule has 0 spiro atoms. The van der Waals surface area contributed by atoms with Crippen LogP contribution in [0, 0.1) is 5.41 Å². The first-order valence-electron chi connectivity index (χ1n) is 8.87. The van der Waals surface area contributed by atoms with Crippen LogP contribution >= 0.6 is 0 Å². The molecule has 3 N–H and O–H groups in total. The molecule has 146 valence electrons.